The van der Waals surface area contributed by atoms with E-state index in [1.165, 1.54) is 34.5 Å². The predicted octanol–water partition coefficient (Wildman–Crippen LogP) is -0.241. The molecule has 0 bridgehead atoms. The number of hydrogen-bond acceptors (Lipinski definition) is 7. The number of para-hydroxylation sites is 2. The van der Waals surface area contributed by atoms with Crippen LogP contribution in [0.1, 0.15) is 25.8 Å². The van der Waals surface area contributed by atoms with Gasteiger partial charge >= 0.3 is 5.69 Å². The van der Waals surface area contributed by atoms with Gasteiger partial charge in [-0.3, -0.25) is 18.7 Å². The molecular formula is C24H29N7O5. The van der Waals surface area contributed by atoms with E-state index in [4.69, 9.17) is 0 Å². The van der Waals surface area contributed by atoms with E-state index >= 15 is 0 Å². The van der Waals surface area contributed by atoms with Gasteiger partial charge in [0.05, 0.1) is 41.4 Å². The highest BCUT2D eigenvalue weighted by atomic mass is 16.3. The van der Waals surface area contributed by atoms with Gasteiger partial charge in [-0.1, -0.05) is 12.1 Å². The van der Waals surface area contributed by atoms with Crippen molar-refractivity contribution in [3.63, 3.8) is 0 Å². The van der Waals surface area contributed by atoms with Gasteiger partial charge in [0.25, 0.3) is 5.56 Å². The van der Waals surface area contributed by atoms with Crippen LogP contribution in [0.3, 0.4) is 0 Å². The van der Waals surface area contributed by atoms with Gasteiger partial charge in [-0.05, 0) is 19.1 Å². The molecular weight excluding hydrogens is 466 g/mol. The molecule has 0 saturated carbocycles. The van der Waals surface area contributed by atoms with Crippen LogP contribution in [-0.4, -0.2) is 74.1 Å². The van der Waals surface area contributed by atoms with Crippen molar-refractivity contribution in [1.29, 1.82) is 0 Å². The van der Waals surface area contributed by atoms with Crippen LogP contribution < -0.4 is 11.2 Å². The molecule has 1 saturated heterocycles. The minimum atomic E-state index is -1.46. The third kappa shape index (κ3) is 3.91. The zero-order chi connectivity index (χ0) is 25.8. The Morgan fingerprint density at radius 2 is 1.86 bits per heavy atom. The Bertz CT molecular complexity index is 1580. The number of imidazole rings is 2. The highest BCUT2D eigenvalue weighted by Gasteiger charge is 2.42. The number of aliphatic hydroxyl groups excluding tert-OH is 1. The predicted molar refractivity (Wildman–Crippen MR) is 131 cm³/mol. The molecule has 12 nitrogen and oxygen atoms in total. The largest absolute Gasteiger partial charge is 0.391 e. The number of nitrogens with zero attached hydrogens (tertiary/aromatic N) is 7. The molecule has 0 spiro atoms. The number of β-amino-alcohol motifs (C(OH)–C–C–N with tert-alkyl or cyclic N) is 1. The second-order valence-corrected chi connectivity index (χ2v) is 9.74. The Kier molecular flexibility index (Phi) is 5.80. The lowest BCUT2D eigenvalue weighted by Gasteiger charge is -2.34. The zero-order valence-electron chi connectivity index (χ0n) is 20.4. The average Bonchev–Trinajstić information content (AvgIpc) is 3.43. The van der Waals surface area contributed by atoms with Gasteiger partial charge in [-0.25, -0.2) is 14.8 Å². The van der Waals surface area contributed by atoms with E-state index in [1.54, 1.807) is 13.3 Å². The van der Waals surface area contributed by atoms with Crippen LogP contribution >= 0.6 is 0 Å². The number of benzene rings is 1. The van der Waals surface area contributed by atoms with Crippen LogP contribution in [-0.2, 0) is 25.4 Å². The summed E-state index contributed by atoms with van der Waals surface area (Å²) in [5.41, 5.74) is -0.405. The number of carbonyl (C=O) groups excluding carboxylic acids is 1. The fourth-order valence-corrected chi connectivity index (χ4v) is 5.17. The van der Waals surface area contributed by atoms with Crippen LogP contribution in [0.2, 0.25) is 0 Å². The SMILES string of the molecule is Cn1c(=O)c2c(ncn2[C@@H]2CN(C(=O)CCn3cnc4ccccc43)C[C@@H](O)C[C@@]2(C)O)n(C)c1=O. The molecule has 1 aromatic carbocycles. The van der Waals surface area contributed by atoms with Gasteiger partial charge in [-0.15, -0.1) is 0 Å². The van der Waals surface area contributed by atoms with Gasteiger partial charge in [0, 0.05) is 46.6 Å². The number of aliphatic hydroxyl groups is 2. The summed E-state index contributed by atoms with van der Waals surface area (Å²) >= 11 is 0. The molecule has 12 heteroatoms. The van der Waals surface area contributed by atoms with E-state index in [1.807, 2.05) is 28.8 Å². The molecule has 0 aliphatic carbocycles. The maximum absolute atomic E-state index is 13.3. The first-order valence-electron chi connectivity index (χ1n) is 11.8. The van der Waals surface area contributed by atoms with Crippen molar-refractivity contribution >= 4 is 28.1 Å². The summed E-state index contributed by atoms with van der Waals surface area (Å²) in [6, 6.07) is 6.88. The molecule has 3 atom stereocenters. The first-order valence-corrected chi connectivity index (χ1v) is 11.8. The fraction of sp³-hybridized carbons (Fsp3) is 0.458. The first-order chi connectivity index (χ1) is 17.1. The zero-order valence-corrected chi connectivity index (χ0v) is 20.4. The van der Waals surface area contributed by atoms with Crippen molar-refractivity contribution in [3.05, 3.63) is 57.8 Å². The Hall–Kier alpha value is -3.77. The fourth-order valence-electron chi connectivity index (χ4n) is 5.17. The summed E-state index contributed by atoms with van der Waals surface area (Å²) in [7, 11) is 2.90. The minimum Gasteiger partial charge on any atom is -0.391 e. The van der Waals surface area contributed by atoms with Crippen molar-refractivity contribution in [2.24, 2.45) is 14.1 Å². The van der Waals surface area contributed by atoms with Crippen molar-refractivity contribution in [1.82, 2.24) is 33.1 Å². The van der Waals surface area contributed by atoms with Crippen molar-refractivity contribution in [3.8, 4) is 0 Å². The van der Waals surface area contributed by atoms with Crippen molar-refractivity contribution in [2.75, 3.05) is 13.1 Å². The smallest absolute Gasteiger partial charge is 0.332 e. The molecule has 0 radical (unpaired) electrons. The Labute approximate surface area is 205 Å². The van der Waals surface area contributed by atoms with Crippen molar-refractivity contribution in [2.45, 2.75) is 44.1 Å². The summed E-state index contributed by atoms with van der Waals surface area (Å²) in [4.78, 5) is 48.8. The maximum atomic E-state index is 13.3. The molecule has 1 amide bonds. The number of aromatic nitrogens is 6. The monoisotopic (exact) mass is 495 g/mol. The lowest BCUT2D eigenvalue weighted by Crippen LogP contribution is -2.44. The Morgan fingerprint density at radius 1 is 1.11 bits per heavy atom. The van der Waals surface area contributed by atoms with Crippen LogP contribution in [0.25, 0.3) is 22.2 Å². The summed E-state index contributed by atoms with van der Waals surface area (Å²) in [6.45, 7) is 2.10. The molecule has 5 rings (SSSR count). The number of amides is 1. The molecule has 1 aliphatic rings. The normalized spacial score (nSPS) is 22.9. The van der Waals surface area contributed by atoms with Crippen LogP contribution in [0.5, 0.6) is 0 Å². The summed E-state index contributed by atoms with van der Waals surface area (Å²) < 4.78 is 5.69. The summed E-state index contributed by atoms with van der Waals surface area (Å²) in [5.74, 6) is -0.195. The van der Waals surface area contributed by atoms with Crippen molar-refractivity contribution < 1.29 is 15.0 Å². The van der Waals surface area contributed by atoms with E-state index in [0.717, 1.165) is 15.6 Å². The van der Waals surface area contributed by atoms with Crippen LogP contribution in [0.4, 0.5) is 0 Å². The lowest BCUT2D eigenvalue weighted by molar-refractivity contribution is -0.133. The molecule has 0 unspecified atom stereocenters. The highest BCUT2D eigenvalue weighted by molar-refractivity contribution is 5.78. The Balaban J connectivity index is 1.47. The quantitative estimate of drug-likeness (QED) is 0.398. The molecule has 1 aliphatic heterocycles. The van der Waals surface area contributed by atoms with Gasteiger partial charge in [-0.2, -0.15) is 0 Å². The number of hydrogen-bond donors (Lipinski definition) is 2. The van der Waals surface area contributed by atoms with Gasteiger partial charge in [0.15, 0.2) is 11.2 Å². The average molecular weight is 496 g/mol. The number of likely N-dealkylation sites (tertiary alicyclic amines) is 1. The van der Waals surface area contributed by atoms with E-state index in [0.29, 0.717) is 6.54 Å². The minimum absolute atomic E-state index is 0.000637. The standard InChI is InChI=1S/C24H29N7O5/c1-24(36)10-15(32)11-30(19(33)8-9-29-13-25-16-6-4-5-7-17(16)29)12-18(24)31-14-26-21-20(31)22(34)28(3)23(35)27(21)2/h4-7,13-15,18,32,36H,8-12H2,1-3H3/t15-,18+,24+/m0/s1. The highest BCUT2D eigenvalue weighted by Crippen LogP contribution is 2.33. The topological polar surface area (TPSA) is 140 Å². The molecule has 4 aromatic rings. The lowest BCUT2D eigenvalue weighted by atomic mass is 9.91. The van der Waals surface area contributed by atoms with Gasteiger partial charge in [0.1, 0.15) is 0 Å². The second kappa shape index (κ2) is 8.71. The number of carbonyl (C=O) groups is 1. The van der Waals surface area contributed by atoms with E-state index in [9.17, 15) is 24.6 Å². The van der Waals surface area contributed by atoms with E-state index < -0.39 is 29.0 Å². The third-order valence-corrected chi connectivity index (χ3v) is 7.15. The molecule has 1 fully saturated rings. The van der Waals surface area contributed by atoms with E-state index in [2.05, 4.69) is 9.97 Å². The van der Waals surface area contributed by atoms with Gasteiger partial charge < -0.3 is 24.2 Å². The third-order valence-electron chi connectivity index (χ3n) is 7.15. The molecule has 3 aromatic heterocycles. The maximum Gasteiger partial charge on any atom is 0.332 e. The summed E-state index contributed by atoms with van der Waals surface area (Å²) in [5, 5.41) is 22.0. The number of rotatable bonds is 4. The van der Waals surface area contributed by atoms with Gasteiger partial charge in [0.2, 0.25) is 5.91 Å². The summed E-state index contributed by atoms with van der Waals surface area (Å²) in [6.07, 6.45) is 2.32. The molecule has 36 heavy (non-hydrogen) atoms. The first kappa shape index (κ1) is 23.9. The molecule has 4 heterocycles. The number of aryl methyl sites for hydroxylation is 2. The van der Waals surface area contributed by atoms with Crippen LogP contribution in [0, 0.1) is 0 Å². The molecule has 190 valence electrons. The van der Waals surface area contributed by atoms with E-state index in [-0.39, 0.29) is 43.0 Å². The molecule has 2 N–H and O–H groups in total. The van der Waals surface area contributed by atoms with Crippen LogP contribution in [0.15, 0.2) is 46.5 Å². The second-order valence-electron chi connectivity index (χ2n) is 9.74. The Morgan fingerprint density at radius 3 is 2.64 bits per heavy atom. The number of fused-ring (bicyclic) bond motifs is 2.